The number of hydrogen-bond donors (Lipinski definition) is 1. The van der Waals surface area contributed by atoms with Crippen molar-refractivity contribution in [3.63, 3.8) is 0 Å². The normalized spacial score (nSPS) is 24.8. The molecule has 1 fully saturated rings. The summed E-state index contributed by atoms with van der Waals surface area (Å²) in [5.74, 6) is -0.196. The molecule has 0 bridgehead atoms. The smallest absolute Gasteiger partial charge is 0.123 e. The molecule has 3 unspecified atom stereocenters. The van der Waals surface area contributed by atoms with Crippen LogP contribution in [0.2, 0.25) is 0 Å². The van der Waals surface area contributed by atoms with Crippen molar-refractivity contribution >= 4 is 5.69 Å². The second kappa shape index (κ2) is 6.55. The fourth-order valence-corrected chi connectivity index (χ4v) is 2.82. The largest absolute Gasteiger partial charge is 0.375 e. The van der Waals surface area contributed by atoms with Crippen LogP contribution in [0.25, 0.3) is 0 Å². The van der Waals surface area contributed by atoms with Gasteiger partial charge in [0.15, 0.2) is 0 Å². The third-order valence-corrected chi connectivity index (χ3v) is 3.83. The Morgan fingerprint density at radius 2 is 2.25 bits per heavy atom. The van der Waals surface area contributed by atoms with Gasteiger partial charge in [-0.05, 0) is 50.5 Å². The SMILES string of the molecule is CCC1COC(C)CN1c1ccc(F)cc1CC(C)N. The first kappa shape index (κ1) is 15.3. The molecule has 3 nitrogen and oxygen atoms in total. The maximum atomic E-state index is 13.5. The fraction of sp³-hybridized carbons (Fsp3) is 0.625. The summed E-state index contributed by atoms with van der Waals surface area (Å²) in [7, 11) is 0. The third-order valence-electron chi connectivity index (χ3n) is 3.83. The number of morpholine rings is 1. The highest BCUT2D eigenvalue weighted by atomic mass is 19.1. The zero-order valence-corrected chi connectivity index (χ0v) is 12.6. The maximum Gasteiger partial charge on any atom is 0.123 e. The van der Waals surface area contributed by atoms with Gasteiger partial charge in [0.1, 0.15) is 5.82 Å². The summed E-state index contributed by atoms with van der Waals surface area (Å²) < 4.78 is 19.3. The molecule has 1 aliphatic rings. The van der Waals surface area contributed by atoms with Crippen LogP contribution in [0.1, 0.15) is 32.8 Å². The molecule has 0 radical (unpaired) electrons. The van der Waals surface area contributed by atoms with E-state index in [0.717, 1.165) is 30.8 Å². The molecule has 20 heavy (non-hydrogen) atoms. The van der Waals surface area contributed by atoms with E-state index in [2.05, 4.69) is 18.7 Å². The molecule has 1 saturated heterocycles. The Morgan fingerprint density at radius 1 is 1.50 bits per heavy atom. The molecule has 0 amide bonds. The van der Waals surface area contributed by atoms with E-state index in [-0.39, 0.29) is 18.0 Å². The van der Waals surface area contributed by atoms with Gasteiger partial charge in [0, 0.05) is 18.3 Å². The fourth-order valence-electron chi connectivity index (χ4n) is 2.82. The predicted octanol–water partition coefficient (Wildman–Crippen LogP) is 2.72. The number of anilines is 1. The average Bonchev–Trinajstić information content (AvgIpc) is 2.38. The second-order valence-electron chi connectivity index (χ2n) is 5.81. The standard InChI is InChI=1S/C16H25FN2O/c1-4-15-10-20-12(3)9-19(15)16-6-5-14(17)8-13(16)7-11(2)18/h5-6,8,11-12,15H,4,7,9-10,18H2,1-3H3. The summed E-state index contributed by atoms with van der Waals surface area (Å²) in [5.41, 5.74) is 8.00. The lowest BCUT2D eigenvalue weighted by Gasteiger charge is -2.41. The molecule has 0 aromatic heterocycles. The minimum atomic E-state index is -0.196. The number of halogens is 1. The number of nitrogens with zero attached hydrogens (tertiary/aromatic N) is 1. The van der Waals surface area contributed by atoms with Crippen molar-refractivity contribution in [3.8, 4) is 0 Å². The first-order chi connectivity index (χ1) is 9.51. The first-order valence-electron chi connectivity index (χ1n) is 7.43. The monoisotopic (exact) mass is 280 g/mol. The Balaban J connectivity index is 2.33. The lowest BCUT2D eigenvalue weighted by molar-refractivity contribution is 0.0299. The van der Waals surface area contributed by atoms with E-state index in [1.165, 1.54) is 6.07 Å². The molecule has 1 aliphatic heterocycles. The average molecular weight is 280 g/mol. The van der Waals surface area contributed by atoms with Crippen LogP contribution in [0.15, 0.2) is 18.2 Å². The predicted molar refractivity (Wildman–Crippen MR) is 80.6 cm³/mol. The van der Waals surface area contributed by atoms with E-state index >= 15 is 0 Å². The molecule has 0 saturated carbocycles. The Kier molecular flexibility index (Phi) is 5.00. The van der Waals surface area contributed by atoms with Gasteiger partial charge in [-0.2, -0.15) is 0 Å². The highest BCUT2D eigenvalue weighted by molar-refractivity contribution is 5.55. The Hall–Kier alpha value is -1.13. The molecule has 1 aromatic rings. The van der Waals surface area contributed by atoms with Gasteiger partial charge < -0.3 is 15.4 Å². The molecule has 0 spiro atoms. The summed E-state index contributed by atoms with van der Waals surface area (Å²) >= 11 is 0. The Morgan fingerprint density at radius 3 is 2.90 bits per heavy atom. The molecule has 112 valence electrons. The number of benzene rings is 1. The molecular weight excluding hydrogens is 255 g/mol. The molecule has 0 aliphatic carbocycles. The first-order valence-corrected chi connectivity index (χ1v) is 7.43. The van der Waals surface area contributed by atoms with Gasteiger partial charge in [0.05, 0.1) is 18.8 Å². The van der Waals surface area contributed by atoms with Crippen molar-refractivity contribution in [2.45, 2.75) is 51.8 Å². The quantitative estimate of drug-likeness (QED) is 0.921. The minimum absolute atomic E-state index is 0.0223. The van der Waals surface area contributed by atoms with Crippen LogP contribution in [-0.4, -0.2) is 31.3 Å². The number of ether oxygens (including phenoxy) is 1. The Labute approximate surface area is 120 Å². The molecule has 1 heterocycles. The molecule has 2 rings (SSSR count). The summed E-state index contributed by atoms with van der Waals surface area (Å²) in [4.78, 5) is 2.35. The van der Waals surface area contributed by atoms with Crippen molar-refractivity contribution in [2.75, 3.05) is 18.1 Å². The van der Waals surface area contributed by atoms with Gasteiger partial charge in [-0.1, -0.05) is 6.92 Å². The second-order valence-corrected chi connectivity index (χ2v) is 5.81. The third kappa shape index (κ3) is 3.49. The summed E-state index contributed by atoms with van der Waals surface area (Å²) in [6.07, 6.45) is 1.91. The van der Waals surface area contributed by atoms with Crippen LogP contribution in [-0.2, 0) is 11.2 Å². The van der Waals surface area contributed by atoms with Crippen molar-refractivity contribution in [1.82, 2.24) is 0 Å². The molecule has 3 atom stereocenters. The molecule has 2 N–H and O–H groups in total. The highest BCUT2D eigenvalue weighted by Crippen LogP contribution is 2.28. The topological polar surface area (TPSA) is 38.5 Å². The van der Waals surface area contributed by atoms with Crippen LogP contribution in [0.3, 0.4) is 0 Å². The van der Waals surface area contributed by atoms with Crippen molar-refractivity contribution < 1.29 is 9.13 Å². The van der Waals surface area contributed by atoms with Gasteiger partial charge in [0.2, 0.25) is 0 Å². The van der Waals surface area contributed by atoms with Crippen LogP contribution in [0.4, 0.5) is 10.1 Å². The summed E-state index contributed by atoms with van der Waals surface area (Å²) in [6.45, 7) is 7.76. The zero-order valence-electron chi connectivity index (χ0n) is 12.6. The van der Waals surface area contributed by atoms with Gasteiger partial charge in [0.25, 0.3) is 0 Å². The van der Waals surface area contributed by atoms with Gasteiger partial charge in [-0.3, -0.25) is 0 Å². The van der Waals surface area contributed by atoms with E-state index in [1.807, 2.05) is 13.0 Å². The minimum Gasteiger partial charge on any atom is -0.375 e. The molecular formula is C16H25FN2O. The number of nitrogens with two attached hydrogens (primary N) is 1. The van der Waals surface area contributed by atoms with E-state index in [9.17, 15) is 4.39 Å². The molecule has 4 heteroatoms. The Bertz CT molecular complexity index is 450. The van der Waals surface area contributed by atoms with Gasteiger partial charge >= 0.3 is 0 Å². The van der Waals surface area contributed by atoms with E-state index in [4.69, 9.17) is 10.5 Å². The lowest BCUT2D eigenvalue weighted by Crippen LogP contribution is -2.49. The van der Waals surface area contributed by atoms with Crippen LogP contribution >= 0.6 is 0 Å². The van der Waals surface area contributed by atoms with E-state index < -0.39 is 0 Å². The van der Waals surface area contributed by atoms with Crippen LogP contribution in [0.5, 0.6) is 0 Å². The highest BCUT2D eigenvalue weighted by Gasteiger charge is 2.27. The lowest BCUT2D eigenvalue weighted by atomic mass is 10.0. The molecule has 1 aromatic carbocycles. The van der Waals surface area contributed by atoms with Crippen LogP contribution < -0.4 is 10.6 Å². The van der Waals surface area contributed by atoms with E-state index in [1.54, 1.807) is 6.07 Å². The number of rotatable bonds is 4. The van der Waals surface area contributed by atoms with Crippen molar-refractivity contribution in [1.29, 1.82) is 0 Å². The maximum absolute atomic E-state index is 13.5. The zero-order chi connectivity index (χ0) is 14.7. The van der Waals surface area contributed by atoms with Gasteiger partial charge in [-0.15, -0.1) is 0 Å². The van der Waals surface area contributed by atoms with Crippen molar-refractivity contribution in [2.24, 2.45) is 5.73 Å². The van der Waals surface area contributed by atoms with Gasteiger partial charge in [-0.25, -0.2) is 4.39 Å². The summed E-state index contributed by atoms with van der Waals surface area (Å²) in [5, 5.41) is 0. The number of hydrogen-bond acceptors (Lipinski definition) is 3. The van der Waals surface area contributed by atoms with Crippen LogP contribution in [0, 0.1) is 5.82 Å². The summed E-state index contributed by atoms with van der Waals surface area (Å²) in [6, 6.07) is 5.41. The van der Waals surface area contributed by atoms with E-state index in [0.29, 0.717) is 12.5 Å². The van der Waals surface area contributed by atoms with Crippen molar-refractivity contribution in [3.05, 3.63) is 29.6 Å².